The predicted octanol–water partition coefficient (Wildman–Crippen LogP) is -2.63. The number of hydrogen-bond acceptors (Lipinski definition) is 0. The van der Waals surface area contributed by atoms with Crippen molar-refractivity contribution in [1.29, 1.82) is 0 Å². The molecule has 0 saturated carbocycles. The number of hydrogen-bond donors (Lipinski definition) is 0. The van der Waals surface area contributed by atoms with Crippen LogP contribution in [0.2, 0.25) is 0 Å². The zero-order chi connectivity index (χ0) is 0. The van der Waals surface area contributed by atoms with Crippen LogP contribution < -0.4 is 0 Å². The zero-order valence-corrected chi connectivity index (χ0v) is 9.35. The van der Waals surface area contributed by atoms with Gasteiger partial charge in [-0.3, -0.25) is 4.70 Å². The first kappa shape index (κ1) is 43.8. The summed E-state index contributed by atoms with van der Waals surface area (Å²) >= 11 is 0. The molecular formula is H9BiCaFIKLi. The monoisotopic (exact) mass is 450 g/mol. The first-order valence-electron chi connectivity index (χ1n) is 0. The van der Waals surface area contributed by atoms with Crippen molar-refractivity contribution in [1.82, 2.24) is 0 Å². The molecule has 0 saturated heterocycles. The quantitative estimate of drug-likeness (QED) is 0.280. The van der Waals surface area contributed by atoms with Crippen molar-refractivity contribution in [2.45, 2.75) is 0 Å². The van der Waals surface area contributed by atoms with Gasteiger partial charge < -0.3 is 0 Å². The summed E-state index contributed by atoms with van der Waals surface area (Å²) in [6.45, 7) is 0. The minimum atomic E-state index is 0. The second-order valence-corrected chi connectivity index (χ2v) is 0. The molecule has 0 radical (unpaired) electrons. The van der Waals surface area contributed by atoms with Gasteiger partial charge in [0.1, 0.15) is 0 Å². The van der Waals surface area contributed by atoms with Crippen LogP contribution in [0.5, 0.6) is 0 Å². The van der Waals surface area contributed by atoms with Gasteiger partial charge in [0, 0.05) is 0 Å². The van der Waals surface area contributed by atoms with Gasteiger partial charge in [-0.05, 0) is 0 Å². The normalized spacial score (nSPS) is 0. The first-order chi connectivity index (χ1) is 0. The van der Waals surface area contributed by atoms with E-state index in [0.29, 0.717) is 0 Å². The molecule has 0 heterocycles. The van der Waals surface area contributed by atoms with Crippen LogP contribution in [0.1, 0.15) is 0 Å². The van der Waals surface area contributed by atoms with Crippen LogP contribution in [0.4, 0.5) is 4.70 Å². The van der Waals surface area contributed by atoms with Crippen molar-refractivity contribution in [2.24, 2.45) is 0 Å². The molecule has 0 aliphatic rings. The van der Waals surface area contributed by atoms with Gasteiger partial charge in [0.25, 0.3) is 0 Å². The Balaban J connectivity index is 0. The predicted molar refractivity (Wildman–Crippen MR) is 50.7 cm³/mol. The van der Waals surface area contributed by atoms with E-state index in [1.165, 1.54) is 0 Å². The summed E-state index contributed by atoms with van der Waals surface area (Å²) in [5.41, 5.74) is 0. The molecule has 0 aliphatic carbocycles. The van der Waals surface area contributed by atoms with E-state index in [-0.39, 0.29) is 163 Å². The van der Waals surface area contributed by atoms with Crippen molar-refractivity contribution in [3.63, 3.8) is 0 Å². The van der Waals surface area contributed by atoms with Gasteiger partial charge in [0.15, 0.2) is 0 Å². The van der Waals surface area contributed by atoms with Crippen molar-refractivity contribution in [2.75, 3.05) is 0 Å². The van der Waals surface area contributed by atoms with Crippen LogP contribution in [0, 0.1) is 0 Å². The maximum atomic E-state index is 0. The molecular weight excluding hydrogens is 441 g/mol. The summed E-state index contributed by atoms with van der Waals surface area (Å²) in [7, 11) is 0. The Morgan fingerprint density at radius 2 is 1.00 bits per heavy atom. The molecule has 0 bridgehead atoms. The van der Waals surface area contributed by atoms with E-state index >= 15 is 0 Å². The summed E-state index contributed by atoms with van der Waals surface area (Å²) in [6.07, 6.45) is 0. The van der Waals surface area contributed by atoms with Crippen LogP contribution in [0.3, 0.4) is 0 Å². The standard InChI is InChI=1S/Bi.Ca.FH.HI.K.Li.7H/h;;2*1H;;;;;;;;;. The van der Waals surface area contributed by atoms with Crippen LogP contribution in [0.15, 0.2) is 0 Å². The van der Waals surface area contributed by atoms with Gasteiger partial charge in [0.05, 0.1) is 0 Å². The molecule has 0 N–H and O–H groups in total. The Morgan fingerprint density at radius 3 is 1.00 bits per heavy atom. The molecule has 0 amide bonds. The van der Waals surface area contributed by atoms with E-state index in [0.717, 1.165) is 0 Å². The number of halogens is 2. The van der Waals surface area contributed by atoms with Gasteiger partial charge in [-0.25, -0.2) is 0 Å². The van der Waals surface area contributed by atoms with Crippen molar-refractivity contribution in [3.05, 3.63) is 0 Å². The van der Waals surface area contributed by atoms with Crippen LogP contribution in [0.25, 0.3) is 0 Å². The molecule has 32 valence electrons. The molecule has 0 aliphatic heterocycles. The van der Waals surface area contributed by atoms with Crippen molar-refractivity contribution < 1.29 is 4.70 Å². The van der Waals surface area contributed by atoms with Crippen LogP contribution in [-0.4, -0.2) is 134 Å². The van der Waals surface area contributed by atoms with Crippen molar-refractivity contribution in [3.8, 4) is 0 Å². The second kappa shape index (κ2) is 32.3. The van der Waals surface area contributed by atoms with Gasteiger partial charge in [-0.1, -0.05) is 0 Å². The Bertz CT molecular complexity index is 15.5. The Morgan fingerprint density at radius 1 is 1.00 bits per heavy atom. The SMILES string of the molecule is F.I.[BiH3].[CaH2].[KH].[LiH]. The molecule has 0 unspecified atom stereocenters. The first-order valence-corrected chi connectivity index (χ1v) is 0. The molecule has 0 aromatic carbocycles. The number of rotatable bonds is 0. The molecule has 0 atom stereocenters. The Hall–Kier alpha value is 5.04. The summed E-state index contributed by atoms with van der Waals surface area (Å²) in [4.78, 5) is 0. The fourth-order valence-electron chi connectivity index (χ4n) is 0. The third-order valence-corrected chi connectivity index (χ3v) is 0. The zero-order valence-electron chi connectivity index (χ0n) is 1.52. The van der Waals surface area contributed by atoms with Gasteiger partial charge >= 0.3 is 134 Å². The molecule has 0 aromatic rings. The third-order valence-electron chi connectivity index (χ3n) is 0. The summed E-state index contributed by atoms with van der Waals surface area (Å²) in [6, 6.07) is 0. The van der Waals surface area contributed by atoms with Crippen LogP contribution >= 0.6 is 24.0 Å². The minimum absolute atomic E-state index is 0. The van der Waals surface area contributed by atoms with E-state index in [9.17, 15) is 0 Å². The van der Waals surface area contributed by atoms with E-state index in [4.69, 9.17) is 0 Å². The van der Waals surface area contributed by atoms with E-state index < -0.39 is 0 Å². The Kier molecular flexibility index (Phi) is 236. The Labute approximate surface area is 158 Å². The fraction of sp³-hybridized carbons (Fsp3) is 0. The van der Waals surface area contributed by atoms with Gasteiger partial charge in [0.2, 0.25) is 0 Å². The van der Waals surface area contributed by atoms with E-state index in [1.54, 1.807) is 0 Å². The third kappa shape index (κ3) is 23.0. The molecule has 0 nitrogen and oxygen atoms in total. The molecule has 6 heteroatoms. The van der Waals surface area contributed by atoms with Gasteiger partial charge in [-0.2, -0.15) is 0 Å². The maximum absolute atomic E-state index is 0. The fourth-order valence-corrected chi connectivity index (χ4v) is 0. The average molecular weight is 450 g/mol. The van der Waals surface area contributed by atoms with Gasteiger partial charge in [-0.15, -0.1) is 24.0 Å². The van der Waals surface area contributed by atoms with Crippen LogP contribution in [-0.2, 0) is 0 Å². The van der Waals surface area contributed by atoms with Crippen molar-refractivity contribution >= 4 is 158 Å². The summed E-state index contributed by atoms with van der Waals surface area (Å²) in [5, 5.41) is 0. The second-order valence-electron chi connectivity index (χ2n) is 0. The molecule has 0 aromatic heterocycles. The molecule has 6 heavy (non-hydrogen) atoms. The summed E-state index contributed by atoms with van der Waals surface area (Å²) in [5.74, 6) is 0. The average Bonchev–Trinajstić information content (AvgIpc) is 0. The molecule has 0 spiro atoms. The topological polar surface area (TPSA) is 0 Å². The van der Waals surface area contributed by atoms with E-state index in [1.807, 2.05) is 0 Å². The molecule has 0 fully saturated rings. The van der Waals surface area contributed by atoms with E-state index in [2.05, 4.69) is 0 Å². The molecule has 0 rings (SSSR count). The summed E-state index contributed by atoms with van der Waals surface area (Å²) < 4.78 is 0.